The lowest BCUT2D eigenvalue weighted by molar-refractivity contribution is 0.117. The molecule has 0 unspecified atom stereocenters. The van der Waals surface area contributed by atoms with Crippen LogP contribution in [0.3, 0.4) is 0 Å². The van der Waals surface area contributed by atoms with Gasteiger partial charge < -0.3 is 20.8 Å². The Morgan fingerprint density at radius 3 is 2.72 bits per heavy atom. The highest BCUT2D eigenvalue weighted by molar-refractivity contribution is 6.35. The third-order valence-electron chi connectivity index (χ3n) is 6.71. The molecule has 39 heavy (non-hydrogen) atoms. The van der Waals surface area contributed by atoms with Gasteiger partial charge in [-0.3, -0.25) is 9.99 Å². The number of methoxy groups -OCH3 is 1. The van der Waals surface area contributed by atoms with Crippen molar-refractivity contribution in [2.24, 2.45) is 5.41 Å². The van der Waals surface area contributed by atoms with E-state index in [1.807, 2.05) is 11.1 Å². The Kier molecular flexibility index (Phi) is 7.14. The van der Waals surface area contributed by atoms with Crippen molar-refractivity contribution in [3.63, 3.8) is 0 Å². The molecule has 1 fully saturated rings. The molecule has 3 heterocycles. The summed E-state index contributed by atoms with van der Waals surface area (Å²) < 4.78 is 19.8. The van der Waals surface area contributed by atoms with Crippen molar-refractivity contribution in [1.82, 2.24) is 25.9 Å². The van der Waals surface area contributed by atoms with Crippen LogP contribution in [-0.4, -0.2) is 34.7 Å². The lowest BCUT2D eigenvalue weighted by Gasteiger charge is -2.24. The van der Waals surface area contributed by atoms with Gasteiger partial charge in [-0.05, 0) is 43.4 Å². The zero-order valence-electron chi connectivity index (χ0n) is 22.6. The summed E-state index contributed by atoms with van der Waals surface area (Å²) in [6.45, 7) is 8.77. The molecule has 0 saturated heterocycles. The van der Waals surface area contributed by atoms with Crippen LogP contribution in [0.1, 0.15) is 56.5 Å². The highest BCUT2D eigenvalue weighted by Gasteiger charge is 2.39. The number of anilines is 2. The van der Waals surface area contributed by atoms with Crippen LogP contribution in [0.2, 0.25) is 5.02 Å². The molecule has 1 aliphatic carbocycles. The number of fused-ring (bicyclic) bond motifs is 1. The number of hydrogen-bond acceptors (Lipinski definition) is 9. The number of rotatable bonds is 8. The molecule has 11 heteroatoms. The van der Waals surface area contributed by atoms with Crippen LogP contribution in [0.4, 0.5) is 15.8 Å². The molecule has 1 aromatic carbocycles. The number of pyridine rings is 2. The molecule has 0 radical (unpaired) electrons. The van der Waals surface area contributed by atoms with Gasteiger partial charge in [-0.15, -0.1) is 5.53 Å². The summed E-state index contributed by atoms with van der Waals surface area (Å²) >= 11 is 6.74. The van der Waals surface area contributed by atoms with Gasteiger partial charge in [0.1, 0.15) is 17.8 Å². The average molecular weight is 551 g/mol. The number of aryl methyl sites for hydroxylation is 1. The third kappa shape index (κ3) is 5.51. The molecule has 1 saturated carbocycles. The second-order valence-electron chi connectivity index (χ2n) is 11.1. The first-order valence-electron chi connectivity index (χ1n) is 12.8. The van der Waals surface area contributed by atoms with Crippen LogP contribution >= 0.6 is 11.6 Å². The van der Waals surface area contributed by atoms with Crippen LogP contribution in [0.15, 0.2) is 42.0 Å². The van der Waals surface area contributed by atoms with Gasteiger partial charge >= 0.3 is 0 Å². The second-order valence-corrected chi connectivity index (χ2v) is 11.5. The van der Waals surface area contributed by atoms with Crippen LogP contribution < -0.4 is 21.6 Å². The molecule has 4 N–H and O–H groups in total. The van der Waals surface area contributed by atoms with Gasteiger partial charge in [-0.1, -0.05) is 38.4 Å². The maximum absolute atomic E-state index is 14.0. The van der Waals surface area contributed by atoms with Gasteiger partial charge in [0.25, 0.3) is 0 Å². The number of benzene rings is 1. The van der Waals surface area contributed by atoms with Gasteiger partial charge in [-0.2, -0.15) is 9.65 Å². The third-order valence-corrected chi connectivity index (χ3v) is 7.00. The van der Waals surface area contributed by atoms with Crippen molar-refractivity contribution in [2.45, 2.75) is 52.6 Å². The minimum Gasteiger partial charge on any atom is -0.480 e. The number of ether oxygens (including phenoxy) is 1. The van der Waals surface area contributed by atoms with Crippen molar-refractivity contribution in [1.29, 1.82) is 5.26 Å². The van der Waals surface area contributed by atoms with Gasteiger partial charge in [0.05, 0.1) is 34.9 Å². The molecule has 9 nitrogen and oxygen atoms in total. The number of hydrazine groups is 2. The van der Waals surface area contributed by atoms with Crippen molar-refractivity contribution in [2.75, 3.05) is 24.3 Å². The topological polar surface area (TPSA) is 110 Å². The maximum atomic E-state index is 14.0. The monoisotopic (exact) mass is 550 g/mol. The van der Waals surface area contributed by atoms with Gasteiger partial charge in [0.15, 0.2) is 0 Å². The summed E-state index contributed by atoms with van der Waals surface area (Å²) in [5, 5.41) is 19.9. The van der Waals surface area contributed by atoms with E-state index in [0.717, 1.165) is 29.5 Å². The number of nitrogens with zero attached hydrogens (tertiary/aromatic N) is 4. The molecule has 5 rings (SSSR count). The standard InChI is InChI=1S/C28H32ClFN8O/c1-15-19(8-9-22(30)34-15)25(26-27(39-5)38(37-36-26)18-6-7-18)35-17-10-20-23(33-14-28(2,3)4)16(12-31)13-32-24(20)21(29)11-17/h8-11,13,18,25,35-37H,6-7,14H2,1-5H3,(H,32,33)/t25-/m0/s1. The van der Waals surface area contributed by atoms with E-state index in [1.165, 1.54) is 6.07 Å². The largest absolute Gasteiger partial charge is 0.480 e. The first kappa shape index (κ1) is 26.8. The van der Waals surface area contributed by atoms with E-state index in [2.05, 4.69) is 58.4 Å². The van der Waals surface area contributed by atoms with Crippen molar-refractivity contribution in [3.05, 3.63) is 69.8 Å². The van der Waals surface area contributed by atoms with E-state index in [4.69, 9.17) is 16.3 Å². The summed E-state index contributed by atoms with van der Waals surface area (Å²) in [5.41, 5.74) is 10.9. The van der Waals surface area contributed by atoms with Gasteiger partial charge in [0.2, 0.25) is 11.8 Å². The Bertz CT molecular complexity index is 1490. The maximum Gasteiger partial charge on any atom is 0.229 e. The molecule has 0 amide bonds. The smallest absolute Gasteiger partial charge is 0.229 e. The van der Waals surface area contributed by atoms with Gasteiger partial charge in [-0.25, -0.2) is 4.98 Å². The molecule has 2 aromatic heterocycles. The Morgan fingerprint density at radius 2 is 2.08 bits per heavy atom. The average Bonchev–Trinajstić information content (AvgIpc) is 3.64. The molecule has 2 aliphatic rings. The summed E-state index contributed by atoms with van der Waals surface area (Å²) in [6, 6.07) is 8.86. The minimum absolute atomic E-state index is 0.0161. The molecule has 0 bridgehead atoms. The molecule has 3 aromatic rings. The van der Waals surface area contributed by atoms with E-state index in [9.17, 15) is 9.65 Å². The lowest BCUT2D eigenvalue weighted by atomic mass is 9.96. The summed E-state index contributed by atoms with van der Waals surface area (Å²) in [4.78, 5) is 8.53. The Morgan fingerprint density at radius 1 is 1.31 bits per heavy atom. The summed E-state index contributed by atoms with van der Waals surface area (Å²) in [6.07, 6.45) is 3.66. The van der Waals surface area contributed by atoms with Crippen molar-refractivity contribution < 1.29 is 9.13 Å². The van der Waals surface area contributed by atoms with E-state index in [1.54, 1.807) is 32.4 Å². The van der Waals surface area contributed by atoms with E-state index in [-0.39, 0.29) is 5.41 Å². The lowest BCUT2D eigenvalue weighted by Crippen LogP contribution is -2.40. The number of hydrogen-bond donors (Lipinski definition) is 4. The van der Waals surface area contributed by atoms with E-state index < -0.39 is 12.0 Å². The predicted octanol–water partition coefficient (Wildman–Crippen LogP) is 5.52. The quantitative estimate of drug-likeness (QED) is 0.270. The Labute approximate surface area is 232 Å². The molecule has 0 spiro atoms. The normalized spacial score (nSPS) is 16.2. The number of nitriles is 1. The zero-order chi connectivity index (χ0) is 27.9. The van der Waals surface area contributed by atoms with E-state index >= 15 is 0 Å². The molecule has 204 valence electrons. The van der Waals surface area contributed by atoms with Crippen LogP contribution in [-0.2, 0) is 4.74 Å². The first-order valence-corrected chi connectivity index (χ1v) is 13.2. The Hall–Kier alpha value is -3.81. The summed E-state index contributed by atoms with van der Waals surface area (Å²) in [7, 11) is 1.63. The second kappa shape index (κ2) is 10.4. The fourth-order valence-electron chi connectivity index (χ4n) is 4.64. The SMILES string of the molecule is COC1=C([C@@H](Nc2cc(Cl)c3ncc(C#N)c(NCC(C)(C)C)c3c2)c2ccc(F)nc2C)NNN1C1CC1. The molecule has 1 atom stereocenters. The van der Waals surface area contributed by atoms with Gasteiger partial charge in [0, 0.05) is 35.1 Å². The van der Waals surface area contributed by atoms with Crippen molar-refractivity contribution in [3.8, 4) is 6.07 Å². The Balaban J connectivity index is 1.62. The highest BCUT2D eigenvalue weighted by atomic mass is 35.5. The summed E-state index contributed by atoms with van der Waals surface area (Å²) in [5.74, 6) is 0.0954. The molecule has 1 aliphatic heterocycles. The highest BCUT2D eigenvalue weighted by Crippen LogP contribution is 2.39. The van der Waals surface area contributed by atoms with Crippen LogP contribution in [0.5, 0.6) is 0 Å². The van der Waals surface area contributed by atoms with Crippen molar-refractivity contribution >= 4 is 33.9 Å². The number of halogens is 2. The fraction of sp³-hybridized carbons (Fsp3) is 0.393. The molecular formula is C28H32ClFN8O. The zero-order valence-corrected chi connectivity index (χ0v) is 23.4. The van der Waals surface area contributed by atoms with Crippen LogP contribution in [0, 0.1) is 29.6 Å². The van der Waals surface area contributed by atoms with E-state index in [0.29, 0.717) is 51.6 Å². The molecular weight excluding hydrogens is 519 g/mol. The first-order chi connectivity index (χ1) is 18.6. The predicted molar refractivity (Wildman–Crippen MR) is 150 cm³/mol. The van der Waals surface area contributed by atoms with Crippen LogP contribution in [0.25, 0.3) is 10.9 Å². The number of nitrogens with one attached hydrogen (secondary N) is 4. The fourth-order valence-corrected chi connectivity index (χ4v) is 4.91. The minimum atomic E-state index is -0.550. The number of aromatic nitrogens is 2.